The lowest BCUT2D eigenvalue weighted by Crippen LogP contribution is -1.95. The molecule has 0 bridgehead atoms. The number of hydrogen-bond acceptors (Lipinski definition) is 0. The molecule has 1 aliphatic rings. The molecule has 1 aliphatic carbocycles. The van der Waals surface area contributed by atoms with E-state index >= 15 is 0 Å². The van der Waals surface area contributed by atoms with Crippen molar-refractivity contribution in [2.24, 2.45) is 0 Å². The van der Waals surface area contributed by atoms with Crippen molar-refractivity contribution in [3.05, 3.63) is 29.3 Å². The zero-order valence-electron chi connectivity index (χ0n) is 8.30. The Balaban J connectivity index is 2.59. The first-order chi connectivity index (χ1) is 5.67. The molecule has 0 nitrogen and oxygen atoms in total. The van der Waals surface area contributed by atoms with Crippen LogP contribution in [0, 0.1) is 0 Å². The smallest absolute Gasteiger partial charge is 0.0753 e. The van der Waals surface area contributed by atoms with Crippen LogP contribution in [0.2, 0.25) is 0 Å². The summed E-state index contributed by atoms with van der Waals surface area (Å²) in [5.74, 6) is 0. The van der Waals surface area contributed by atoms with E-state index in [1.165, 1.54) is 24.3 Å². The molecule has 0 unspecified atom stereocenters. The van der Waals surface area contributed by atoms with E-state index in [4.69, 9.17) is 0 Å². The normalized spacial score (nSPS) is 15.4. The lowest BCUT2D eigenvalue weighted by molar-refractivity contribution is 0.889. The molecule has 0 saturated carbocycles. The zero-order chi connectivity index (χ0) is 9.03. The molecular formula is C11H18P+. The largest absolute Gasteiger partial charge is 0.135 e. The third kappa shape index (κ3) is 2.34. The molecule has 0 saturated heterocycles. The highest BCUT2D eigenvalue weighted by molar-refractivity contribution is 7.78. The fourth-order valence-corrected chi connectivity index (χ4v) is 3.63. The van der Waals surface area contributed by atoms with E-state index in [9.17, 15) is 0 Å². The summed E-state index contributed by atoms with van der Waals surface area (Å²) < 4.78 is 0. The van der Waals surface area contributed by atoms with E-state index in [1.54, 1.807) is 0 Å². The number of unbranched alkanes of at least 4 members (excludes halogenated alkanes) is 1. The van der Waals surface area contributed by atoms with Crippen molar-refractivity contribution < 1.29 is 0 Å². The van der Waals surface area contributed by atoms with Crippen molar-refractivity contribution in [2.75, 3.05) is 19.5 Å². The summed E-state index contributed by atoms with van der Waals surface area (Å²) in [6, 6.07) is 0. The molecule has 0 aromatic heterocycles. The summed E-state index contributed by atoms with van der Waals surface area (Å²) in [5.41, 5.74) is 3.34. The van der Waals surface area contributed by atoms with Gasteiger partial charge in [-0.05, 0) is 24.6 Å². The summed E-state index contributed by atoms with van der Waals surface area (Å²) >= 11 is 0. The molecule has 12 heavy (non-hydrogen) atoms. The van der Waals surface area contributed by atoms with Crippen LogP contribution in [0.1, 0.15) is 19.8 Å². The highest BCUT2D eigenvalue weighted by Crippen LogP contribution is 2.60. The maximum absolute atomic E-state index is 3.34. The van der Waals surface area contributed by atoms with E-state index in [0.29, 0.717) is 0 Å². The van der Waals surface area contributed by atoms with Gasteiger partial charge in [-0.25, -0.2) is 0 Å². The molecule has 0 atom stereocenters. The van der Waals surface area contributed by atoms with E-state index in [0.717, 1.165) is 0 Å². The van der Waals surface area contributed by atoms with Crippen LogP contribution in [0.3, 0.4) is 0 Å². The van der Waals surface area contributed by atoms with Gasteiger partial charge >= 0.3 is 0 Å². The third-order valence-electron chi connectivity index (χ3n) is 2.30. The van der Waals surface area contributed by atoms with Crippen molar-refractivity contribution >= 4 is 7.26 Å². The predicted molar refractivity (Wildman–Crippen MR) is 59.3 cm³/mol. The van der Waals surface area contributed by atoms with Crippen LogP contribution in [0.25, 0.3) is 0 Å². The molecule has 0 fully saturated rings. The minimum Gasteiger partial charge on any atom is -0.0753 e. The van der Waals surface area contributed by atoms with Gasteiger partial charge in [0, 0.05) is 7.26 Å². The second-order valence-electron chi connectivity index (χ2n) is 3.82. The molecule has 0 aromatic carbocycles. The van der Waals surface area contributed by atoms with Gasteiger partial charge in [0.2, 0.25) is 0 Å². The minimum atomic E-state index is -0.819. The van der Waals surface area contributed by atoms with Crippen molar-refractivity contribution in [2.45, 2.75) is 19.8 Å². The quantitative estimate of drug-likeness (QED) is 0.458. The summed E-state index contributed by atoms with van der Waals surface area (Å²) in [6.45, 7) is 7.08. The van der Waals surface area contributed by atoms with Crippen LogP contribution in [-0.4, -0.2) is 19.5 Å². The lowest BCUT2D eigenvalue weighted by Gasteiger charge is -2.15. The fraction of sp³-hybridized carbons (Fsp3) is 0.545. The van der Waals surface area contributed by atoms with Crippen molar-refractivity contribution in [1.82, 2.24) is 0 Å². The second kappa shape index (κ2) is 4.08. The average Bonchev–Trinajstić information content (AvgIpc) is 2.53. The Morgan fingerprint density at radius 2 is 2.17 bits per heavy atom. The standard InChI is InChI=1S/C11H18P/c1-4-5-10-12(2,3)11-8-6-7-9-11/h6-8H,4-5,10H2,1-3H3/q+1. The van der Waals surface area contributed by atoms with E-state index in [-0.39, 0.29) is 0 Å². The molecule has 0 spiro atoms. The van der Waals surface area contributed by atoms with Gasteiger partial charge in [-0.3, -0.25) is 0 Å². The van der Waals surface area contributed by atoms with Crippen molar-refractivity contribution in [1.29, 1.82) is 0 Å². The molecule has 0 amide bonds. The maximum Gasteiger partial charge on any atom is 0.135 e. The Kier molecular flexibility index (Phi) is 3.32. The lowest BCUT2D eigenvalue weighted by atomic mass is 10.4. The Bertz CT molecular complexity index is 240. The van der Waals surface area contributed by atoms with E-state index in [1.807, 2.05) is 6.08 Å². The van der Waals surface area contributed by atoms with E-state index in [2.05, 4.69) is 38.1 Å². The van der Waals surface area contributed by atoms with Gasteiger partial charge in [0.05, 0.1) is 19.5 Å². The van der Waals surface area contributed by atoms with Gasteiger partial charge in [-0.1, -0.05) is 19.1 Å². The molecule has 1 heteroatoms. The van der Waals surface area contributed by atoms with Gasteiger partial charge in [0.25, 0.3) is 0 Å². The number of allylic oxidation sites excluding steroid dienone is 3. The van der Waals surface area contributed by atoms with Crippen molar-refractivity contribution in [3.63, 3.8) is 0 Å². The summed E-state index contributed by atoms with van der Waals surface area (Å²) in [4.78, 5) is 0. The Morgan fingerprint density at radius 3 is 2.67 bits per heavy atom. The van der Waals surface area contributed by atoms with Gasteiger partial charge < -0.3 is 0 Å². The van der Waals surface area contributed by atoms with Crippen LogP contribution in [-0.2, 0) is 0 Å². The minimum absolute atomic E-state index is 0.819. The second-order valence-corrected chi connectivity index (χ2v) is 8.12. The molecular weight excluding hydrogens is 163 g/mol. The maximum atomic E-state index is 3.34. The highest BCUT2D eigenvalue weighted by atomic mass is 31.2. The topological polar surface area (TPSA) is 0 Å². The van der Waals surface area contributed by atoms with Crippen LogP contribution in [0.5, 0.6) is 0 Å². The molecule has 1 rings (SSSR count). The zero-order valence-corrected chi connectivity index (χ0v) is 9.20. The van der Waals surface area contributed by atoms with Gasteiger partial charge in [-0.2, -0.15) is 0 Å². The fourth-order valence-electron chi connectivity index (χ4n) is 1.37. The van der Waals surface area contributed by atoms with Crippen LogP contribution >= 0.6 is 7.26 Å². The Hall–Kier alpha value is -0.310. The van der Waals surface area contributed by atoms with E-state index < -0.39 is 7.26 Å². The first-order valence-corrected chi connectivity index (χ1v) is 7.50. The average molecular weight is 181 g/mol. The third-order valence-corrected chi connectivity index (χ3v) is 5.32. The Morgan fingerprint density at radius 1 is 1.42 bits per heavy atom. The SMILES string of the molecule is CCCC[P+](C)(C)C1=C=CC=C1. The summed E-state index contributed by atoms with van der Waals surface area (Å²) in [6.07, 6.45) is 10.4. The van der Waals surface area contributed by atoms with Gasteiger partial charge in [0.15, 0.2) is 0 Å². The molecule has 0 N–H and O–H groups in total. The predicted octanol–water partition coefficient (Wildman–Crippen LogP) is 3.67. The van der Waals surface area contributed by atoms with Crippen LogP contribution in [0.15, 0.2) is 29.3 Å². The molecule has 0 aliphatic heterocycles. The summed E-state index contributed by atoms with van der Waals surface area (Å²) in [5, 5.41) is 1.47. The number of hydrogen-bond donors (Lipinski definition) is 0. The van der Waals surface area contributed by atoms with Gasteiger partial charge in [-0.15, -0.1) is 0 Å². The number of rotatable bonds is 4. The molecule has 66 valence electrons. The molecule has 0 aromatic rings. The van der Waals surface area contributed by atoms with Crippen LogP contribution < -0.4 is 0 Å². The first kappa shape index (κ1) is 9.78. The molecule has 0 heterocycles. The van der Waals surface area contributed by atoms with Gasteiger partial charge in [0.1, 0.15) is 5.31 Å². The summed E-state index contributed by atoms with van der Waals surface area (Å²) in [7, 11) is -0.819. The van der Waals surface area contributed by atoms with Crippen LogP contribution in [0.4, 0.5) is 0 Å². The molecule has 0 radical (unpaired) electrons. The van der Waals surface area contributed by atoms with Crippen molar-refractivity contribution in [3.8, 4) is 0 Å². The monoisotopic (exact) mass is 181 g/mol. The highest BCUT2D eigenvalue weighted by Gasteiger charge is 2.29. The first-order valence-electron chi connectivity index (χ1n) is 4.64. The Labute approximate surface area is 76.4 Å².